The van der Waals surface area contributed by atoms with Crippen molar-refractivity contribution in [3.05, 3.63) is 11.7 Å². The number of hydrogen-bond donors (Lipinski definition) is 0. The van der Waals surface area contributed by atoms with Gasteiger partial charge in [0.15, 0.2) is 5.82 Å². The van der Waals surface area contributed by atoms with Gasteiger partial charge in [-0.2, -0.15) is 4.98 Å². The van der Waals surface area contributed by atoms with Crippen LogP contribution in [0.4, 0.5) is 0 Å². The molecule has 1 unspecified atom stereocenters. The second-order valence-electron chi connectivity index (χ2n) is 4.94. The molecule has 2 heterocycles. The Bertz CT molecular complexity index is 486. The highest BCUT2D eigenvalue weighted by Gasteiger charge is 2.28. The van der Waals surface area contributed by atoms with E-state index in [9.17, 15) is 9.59 Å². The first-order valence-corrected chi connectivity index (χ1v) is 6.75. The van der Waals surface area contributed by atoms with E-state index in [4.69, 9.17) is 9.26 Å². The zero-order valence-corrected chi connectivity index (χ0v) is 11.8. The fourth-order valence-corrected chi connectivity index (χ4v) is 2.38. The van der Waals surface area contributed by atoms with Gasteiger partial charge < -0.3 is 14.2 Å². The minimum Gasteiger partial charge on any atom is -0.469 e. The average molecular weight is 281 g/mol. The summed E-state index contributed by atoms with van der Waals surface area (Å²) < 4.78 is 9.71. The summed E-state index contributed by atoms with van der Waals surface area (Å²) in [6.07, 6.45) is 2.35. The zero-order valence-electron chi connectivity index (χ0n) is 11.8. The molecule has 110 valence electrons. The molecule has 0 saturated carbocycles. The molecule has 0 N–H and O–H groups in total. The van der Waals surface area contributed by atoms with Crippen molar-refractivity contribution in [1.29, 1.82) is 0 Å². The molecule has 0 bridgehead atoms. The van der Waals surface area contributed by atoms with Crippen LogP contribution in [0.1, 0.15) is 31.0 Å². The van der Waals surface area contributed by atoms with Crippen LogP contribution >= 0.6 is 0 Å². The molecule has 1 amide bonds. The van der Waals surface area contributed by atoms with Crippen LogP contribution in [-0.4, -0.2) is 47.1 Å². The summed E-state index contributed by atoms with van der Waals surface area (Å²) in [4.78, 5) is 29.4. The molecule has 1 aliphatic heterocycles. The molecule has 20 heavy (non-hydrogen) atoms. The number of nitrogens with zero attached hydrogens (tertiary/aromatic N) is 3. The number of likely N-dealkylation sites (tertiary alicyclic amines) is 1. The van der Waals surface area contributed by atoms with Crippen LogP contribution in [0.15, 0.2) is 4.52 Å². The first-order chi connectivity index (χ1) is 9.60. The predicted molar refractivity (Wildman–Crippen MR) is 68.7 cm³/mol. The van der Waals surface area contributed by atoms with Crippen molar-refractivity contribution in [3.8, 4) is 0 Å². The number of esters is 1. The Labute approximate surface area is 117 Å². The van der Waals surface area contributed by atoms with Gasteiger partial charge in [-0.25, -0.2) is 0 Å². The molecule has 2 rings (SSSR count). The number of carbonyl (C=O) groups excluding carboxylic acids is 2. The Hall–Kier alpha value is -1.92. The lowest BCUT2D eigenvalue weighted by molar-refractivity contribution is -0.149. The molecule has 1 fully saturated rings. The number of hydrogen-bond acceptors (Lipinski definition) is 6. The second kappa shape index (κ2) is 6.49. The van der Waals surface area contributed by atoms with Gasteiger partial charge in [0.25, 0.3) is 0 Å². The first kappa shape index (κ1) is 14.5. The number of aryl methyl sites for hydroxylation is 2. The third-order valence-electron chi connectivity index (χ3n) is 3.43. The van der Waals surface area contributed by atoms with E-state index in [1.54, 1.807) is 11.8 Å². The van der Waals surface area contributed by atoms with E-state index in [1.165, 1.54) is 7.11 Å². The standard InChI is InChI=1S/C13H19N3O4/c1-9-14-11(20-15-9)5-6-12(17)16-7-3-4-10(8-16)13(18)19-2/h10H,3-8H2,1-2H3. The van der Waals surface area contributed by atoms with Gasteiger partial charge in [-0.05, 0) is 19.8 Å². The Morgan fingerprint density at radius 2 is 2.30 bits per heavy atom. The molecule has 7 heteroatoms. The van der Waals surface area contributed by atoms with Crippen LogP contribution in [0, 0.1) is 12.8 Å². The minimum atomic E-state index is -0.241. The number of piperidine rings is 1. The monoisotopic (exact) mass is 281 g/mol. The van der Waals surface area contributed by atoms with Crippen molar-refractivity contribution in [2.75, 3.05) is 20.2 Å². The first-order valence-electron chi connectivity index (χ1n) is 6.75. The van der Waals surface area contributed by atoms with Gasteiger partial charge >= 0.3 is 5.97 Å². The smallest absolute Gasteiger partial charge is 0.310 e. The van der Waals surface area contributed by atoms with Crippen molar-refractivity contribution in [3.63, 3.8) is 0 Å². The highest BCUT2D eigenvalue weighted by molar-refractivity contribution is 5.78. The van der Waals surface area contributed by atoms with Crippen LogP contribution in [0.5, 0.6) is 0 Å². The largest absolute Gasteiger partial charge is 0.469 e. The number of rotatable bonds is 4. The van der Waals surface area contributed by atoms with Crippen molar-refractivity contribution in [2.45, 2.75) is 32.6 Å². The molecular formula is C13H19N3O4. The van der Waals surface area contributed by atoms with Gasteiger partial charge in [0.2, 0.25) is 11.8 Å². The molecule has 0 aromatic carbocycles. The Balaban J connectivity index is 1.84. The van der Waals surface area contributed by atoms with Gasteiger partial charge in [0.05, 0.1) is 13.0 Å². The number of ether oxygens (including phenoxy) is 1. The van der Waals surface area contributed by atoms with Crippen molar-refractivity contribution in [1.82, 2.24) is 15.0 Å². The van der Waals surface area contributed by atoms with Crippen LogP contribution < -0.4 is 0 Å². The highest BCUT2D eigenvalue weighted by atomic mass is 16.5. The Kier molecular flexibility index (Phi) is 4.70. The lowest BCUT2D eigenvalue weighted by Gasteiger charge is -2.31. The minimum absolute atomic E-state index is 0.00876. The summed E-state index contributed by atoms with van der Waals surface area (Å²) in [6, 6.07) is 0. The molecule has 1 saturated heterocycles. The zero-order chi connectivity index (χ0) is 14.5. The number of carbonyl (C=O) groups is 2. The van der Waals surface area contributed by atoms with E-state index < -0.39 is 0 Å². The highest BCUT2D eigenvalue weighted by Crippen LogP contribution is 2.18. The summed E-state index contributed by atoms with van der Waals surface area (Å²) in [5.74, 6) is 0.599. The molecule has 1 aromatic rings. The molecular weight excluding hydrogens is 262 g/mol. The van der Waals surface area contributed by atoms with E-state index >= 15 is 0 Å². The Morgan fingerprint density at radius 1 is 1.50 bits per heavy atom. The Morgan fingerprint density at radius 3 is 2.95 bits per heavy atom. The van der Waals surface area contributed by atoms with Gasteiger partial charge in [0.1, 0.15) is 0 Å². The maximum Gasteiger partial charge on any atom is 0.310 e. The van der Waals surface area contributed by atoms with Gasteiger partial charge in [-0.1, -0.05) is 5.16 Å². The lowest BCUT2D eigenvalue weighted by Crippen LogP contribution is -2.42. The van der Waals surface area contributed by atoms with Crippen molar-refractivity contribution < 1.29 is 18.8 Å². The molecule has 0 radical (unpaired) electrons. The molecule has 7 nitrogen and oxygen atoms in total. The number of methoxy groups -OCH3 is 1. The molecule has 0 aliphatic carbocycles. The van der Waals surface area contributed by atoms with E-state index in [0.717, 1.165) is 12.8 Å². The number of aromatic nitrogens is 2. The van der Waals surface area contributed by atoms with E-state index in [1.807, 2.05) is 0 Å². The topological polar surface area (TPSA) is 85.5 Å². The van der Waals surface area contributed by atoms with Crippen LogP contribution in [0.25, 0.3) is 0 Å². The van der Waals surface area contributed by atoms with Crippen molar-refractivity contribution >= 4 is 11.9 Å². The number of amides is 1. The molecule has 1 aromatic heterocycles. The summed E-state index contributed by atoms with van der Waals surface area (Å²) in [7, 11) is 1.38. The van der Waals surface area contributed by atoms with E-state index in [0.29, 0.717) is 37.6 Å². The predicted octanol–water partition coefficient (Wildman–Crippen LogP) is 0.722. The van der Waals surface area contributed by atoms with Crippen LogP contribution in [0.3, 0.4) is 0 Å². The van der Waals surface area contributed by atoms with Crippen molar-refractivity contribution in [2.24, 2.45) is 5.92 Å². The third-order valence-corrected chi connectivity index (χ3v) is 3.43. The van der Waals surface area contributed by atoms with Crippen LogP contribution in [-0.2, 0) is 20.7 Å². The summed E-state index contributed by atoms with van der Waals surface area (Å²) >= 11 is 0. The van der Waals surface area contributed by atoms with E-state index in [2.05, 4.69) is 10.1 Å². The second-order valence-corrected chi connectivity index (χ2v) is 4.94. The van der Waals surface area contributed by atoms with Crippen LogP contribution in [0.2, 0.25) is 0 Å². The average Bonchev–Trinajstić information content (AvgIpc) is 2.89. The lowest BCUT2D eigenvalue weighted by atomic mass is 9.98. The maximum atomic E-state index is 12.1. The quantitative estimate of drug-likeness (QED) is 0.756. The molecule has 1 aliphatic rings. The summed E-state index contributed by atoms with van der Waals surface area (Å²) in [5.41, 5.74) is 0. The summed E-state index contributed by atoms with van der Waals surface area (Å²) in [6.45, 7) is 2.87. The normalized spacial score (nSPS) is 18.9. The van der Waals surface area contributed by atoms with Gasteiger partial charge in [-0.15, -0.1) is 0 Å². The third kappa shape index (κ3) is 3.55. The fraction of sp³-hybridized carbons (Fsp3) is 0.692. The van der Waals surface area contributed by atoms with Gasteiger partial charge in [0, 0.05) is 25.9 Å². The maximum absolute atomic E-state index is 12.1. The summed E-state index contributed by atoms with van der Waals surface area (Å²) in [5, 5.41) is 3.68. The molecule has 0 spiro atoms. The SMILES string of the molecule is COC(=O)C1CCCN(C(=O)CCc2nc(C)no2)C1. The van der Waals surface area contributed by atoms with Gasteiger partial charge in [-0.3, -0.25) is 9.59 Å². The van der Waals surface area contributed by atoms with E-state index in [-0.39, 0.29) is 17.8 Å². The fourth-order valence-electron chi connectivity index (χ4n) is 2.38. The molecule has 1 atom stereocenters.